The molecule has 0 saturated heterocycles. The number of aryl methyl sites for hydroxylation is 1. The van der Waals surface area contributed by atoms with Gasteiger partial charge in [0.05, 0.1) is 6.07 Å². The third kappa shape index (κ3) is 2.20. The quantitative estimate of drug-likeness (QED) is 0.819. The van der Waals surface area contributed by atoms with Crippen molar-refractivity contribution in [3.8, 4) is 6.07 Å². The summed E-state index contributed by atoms with van der Waals surface area (Å²) >= 11 is 3.36. The summed E-state index contributed by atoms with van der Waals surface area (Å²) in [7, 11) is 1.73. The fourth-order valence-corrected chi connectivity index (χ4v) is 2.22. The standard InChI is InChI=1S/C13H10BrN3O/c1-17-7-6-16-13(17)12(18)10(8-15)9-4-2-3-5-11(9)14/h2-7,10H,1H3. The highest BCUT2D eigenvalue weighted by Crippen LogP contribution is 2.26. The smallest absolute Gasteiger partial charge is 0.219 e. The van der Waals surface area contributed by atoms with E-state index in [0.717, 1.165) is 4.47 Å². The fraction of sp³-hybridized carbons (Fsp3) is 0.154. The second-order valence-electron chi connectivity index (χ2n) is 3.81. The lowest BCUT2D eigenvalue weighted by Gasteiger charge is -2.10. The zero-order valence-corrected chi connectivity index (χ0v) is 11.3. The van der Waals surface area contributed by atoms with Crippen molar-refractivity contribution in [3.63, 3.8) is 0 Å². The van der Waals surface area contributed by atoms with Crippen molar-refractivity contribution in [1.29, 1.82) is 5.26 Å². The summed E-state index contributed by atoms with van der Waals surface area (Å²) in [5.41, 5.74) is 0.660. The van der Waals surface area contributed by atoms with Crippen molar-refractivity contribution in [3.05, 3.63) is 52.5 Å². The highest BCUT2D eigenvalue weighted by molar-refractivity contribution is 9.10. The summed E-state index contributed by atoms with van der Waals surface area (Å²) < 4.78 is 2.36. The molecule has 4 nitrogen and oxygen atoms in total. The van der Waals surface area contributed by atoms with Gasteiger partial charge in [0.2, 0.25) is 5.78 Å². The molecule has 0 fully saturated rings. The van der Waals surface area contributed by atoms with Crippen LogP contribution in [0.3, 0.4) is 0 Å². The van der Waals surface area contributed by atoms with Crippen molar-refractivity contribution >= 4 is 21.7 Å². The number of nitriles is 1. The topological polar surface area (TPSA) is 58.7 Å². The van der Waals surface area contributed by atoms with Crippen LogP contribution in [0, 0.1) is 11.3 Å². The molecule has 5 heteroatoms. The molecular weight excluding hydrogens is 294 g/mol. The highest BCUT2D eigenvalue weighted by Gasteiger charge is 2.26. The number of halogens is 1. The average Bonchev–Trinajstić information content (AvgIpc) is 2.78. The van der Waals surface area contributed by atoms with Gasteiger partial charge in [-0.2, -0.15) is 5.26 Å². The molecule has 0 aliphatic heterocycles. The van der Waals surface area contributed by atoms with E-state index in [0.29, 0.717) is 5.56 Å². The van der Waals surface area contributed by atoms with E-state index >= 15 is 0 Å². The molecule has 0 amide bonds. The SMILES string of the molecule is Cn1ccnc1C(=O)C(C#N)c1ccccc1Br. The second-order valence-corrected chi connectivity index (χ2v) is 4.66. The van der Waals surface area contributed by atoms with Crippen molar-refractivity contribution in [2.75, 3.05) is 0 Å². The third-order valence-corrected chi connectivity index (χ3v) is 3.37. The summed E-state index contributed by atoms with van der Waals surface area (Å²) in [4.78, 5) is 16.3. The maximum atomic E-state index is 12.3. The van der Waals surface area contributed by atoms with Crippen LogP contribution in [-0.4, -0.2) is 15.3 Å². The molecule has 0 aliphatic carbocycles. The minimum absolute atomic E-state index is 0.289. The molecule has 18 heavy (non-hydrogen) atoms. The molecule has 90 valence electrons. The molecule has 1 unspecified atom stereocenters. The van der Waals surface area contributed by atoms with Crippen LogP contribution in [0.4, 0.5) is 0 Å². The summed E-state index contributed by atoms with van der Waals surface area (Å²) in [6, 6.07) is 9.26. The number of nitrogens with zero attached hydrogens (tertiary/aromatic N) is 3. The van der Waals surface area contributed by atoms with Crippen molar-refractivity contribution in [2.24, 2.45) is 7.05 Å². The van der Waals surface area contributed by atoms with Gasteiger partial charge < -0.3 is 4.57 Å². The van der Waals surface area contributed by atoms with Crippen LogP contribution in [0.1, 0.15) is 22.1 Å². The molecule has 0 bridgehead atoms. The lowest BCUT2D eigenvalue weighted by atomic mass is 9.96. The van der Waals surface area contributed by atoms with Gasteiger partial charge in [0.15, 0.2) is 5.82 Å². The molecule has 2 aromatic rings. The first-order valence-corrected chi connectivity index (χ1v) is 6.10. The van der Waals surface area contributed by atoms with Crippen molar-refractivity contribution in [2.45, 2.75) is 5.92 Å². The van der Waals surface area contributed by atoms with E-state index in [1.807, 2.05) is 18.2 Å². The zero-order chi connectivity index (χ0) is 13.1. The summed E-state index contributed by atoms with van der Waals surface area (Å²) in [5.74, 6) is -0.851. The van der Waals surface area contributed by atoms with Gasteiger partial charge >= 0.3 is 0 Å². The van der Waals surface area contributed by atoms with Crippen molar-refractivity contribution < 1.29 is 4.79 Å². The Morgan fingerprint density at radius 1 is 1.50 bits per heavy atom. The first-order valence-electron chi connectivity index (χ1n) is 5.30. The normalized spacial score (nSPS) is 11.8. The first-order chi connectivity index (χ1) is 8.65. The maximum Gasteiger partial charge on any atom is 0.219 e. The van der Waals surface area contributed by atoms with Gasteiger partial charge in [-0.3, -0.25) is 4.79 Å². The number of hydrogen-bond acceptors (Lipinski definition) is 3. The van der Waals surface area contributed by atoms with Gasteiger partial charge in [0.1, 0.15) is 5.92 Å². The highest BCUT2D eigenvalue weighted by atomic mass is 79.9. The van der Waals surface area contributed by atoms with Crippen LogP contribution in [0.5, 0.6) is 0 Å². The maximum absolute atomic E-state index is 12.3. The van der Waals surface area contributed by atoms with Gasteiger partial charge in [0, 0.05) is 23.9 Å². The van der Waals surface area contributed by atoms with E-state index < -0.39 is 5.92 Å². The number of carbonyl (C=O) groups excluding carboxylic acids is 1. The number of ketones is 1. The fourth-order valence-electron chi connectivity index (χ4n) is 1.71. The molecule has 0 N–H and O–H groups in total. The number of hydrogen-bond donors (Lipinski definition) is 0. The Kier molecular flexibility index (Phi) is 3.58. The van der Waals surface area contributed by atoms with Crippen LogP contribution in [0.2, 0.25) is 0 Å². The van der Waals surface area contributed by atoms with E-state index in [-0.39, 0.29) is 11.6 Å². The third-order valence-electron chi connectivity index (χ3n) is 2.65. The van der Waals surface area contributed by atoms with Crippen LogP contribution >= 0.6 is 15.9 Å². The van der Waals surface area contributed by atoms with E-state index in [4.69, 9.17) is 0 Å². The minimum Gasteiger partial charge on any atom is -0.332 e. The molecule has 0 radical (unpaired) electrons. The Bertz CT molecular complexity index is 627. The Morgan fingerprint density at radius 3 is 2.78 bits per heavy atom. The van der Waals surface area contributed by atoms with Crippen LogP contribution in [0.15, 0.2) is 41.1 Å². The lowest BCUT2D eigenvalue weighted by molar-refractivity contribution is 0.0965. The van der Waals surface area contributed by atoms with Crippen LogP contribution < -0.4 is 0 Å². The number of imidazole rings is 1. The monoisotopic (exact) mass is 303 g/mol. The summed E-state index contributed by atoms with van der Waals surface area (Å²) in [6.45, 7) is 0. The Morgan fingerprint density at radius 2 is 2.22 bits per heavy atom. The molecule has 1 aromatic heterocycles. The van der Waals surface area contributed by atoms with Crippen molar-refractivity contribution in [1.82, 2.24) is 9.55 Å². The number of aromatic nitrogens is 2. The Balaban J connectivity index is 2.43. The summed E-state index contributed by atoms with van der Waals surface area (Å²) in [6.07, 6.45) is 3.23. The molecule has 2 rings (SSSR count). The largest absolute Gasteiger partial charge is 0.332 e. The van der Waals surface area contributed by atoms with Crippen LogP contribution in [0.25, 0.3) is 0 Å². The predicted molar refractivity (Wildman–Crippen MR) is 70.0 cm³/mol. The zero-order valence-electron chi connectivity index (χ0n) is 9.67. The minimum atomic E-state index is -0.846. The molecule has 0 spiro atoms. The molecule has 1 atom stereocenters. The van der Waals surface area contributed by atoms with E-state index in [1.165, 1.54) is 0 Å². The molecule has 1 aromatic carbocycles. The average molecular weight is 304 g/mol. The van der Waals surface area contributed by atoms with E-state index in [9.17, 15) is 10.1 Å². The number of rotatable bonds is 3. The molecule has 0 saturated carbocycles. The molecule has 1 heterocycles. The number of carbonyl (C=O) groups is 1. The second kappa shape index (κ2) is 5.15. The van der Waals surface area contributed by atoms with E-state index in [1.54, 1.807) is 36.1 Å². The first kappa shape index (κ1) is 12.5. The van der Waals surface area contributed by atoms with Gasteiger partial charge in [-0.25, -0.2) is 4.98 Å². The Hall–Kier alpha value is -1.93. The number of benzene rings is 1. The van der Waals surface area contributed by atoms with E-state index in [2.05, 4.69) is 20.9 Å². The summed E-state index contributed by atoms with van der Waals surface area (Å²) in [5, 5.41) is 9.24. The number of Topliss-reactive ketones (excluding diaryl/α,β-unsaturated/α-hetero) is 1. The molecular formula is C13H10BrN3O. The van der Waals surface area contributed by atoms with Crippen LogP contribution in [-0.2, 0) is 7.05 Å². The molecule has 0 aliphatic rings. The lowest BCUT2D eigenvalue weighted by Crippen LogP contribution is -2.16. The van der Waals surface area contributed by atoms with Gasteiger partial charge in [-0.05, 0) is 11.6 Å². The Labute approximate surface area is 113 Å². The van der Waals surface area contributed by atoms with Gasteiger partial charge in [-0.1, -0.05) is 34.1 Å². The predicted octanol–water partition coefficient (Wildman–Crippen LogP) is 2.67. The van der Waals surface area contributed by atoms with Gasteiger partial charge in [0.25, 0.3) is 0 Å². The van der Waals surface area contributed by atoms with Gasteiger partial charge in [-0.15, -0.1) is 0 Å².